The van der Waals surface area contributed by atoms with Crippen molar-refractivity contribution < 1.29 is 14.0 Å². The molecule has 0 bridgehead atoms. The standard InChI is InChI=1S/C15H28NO2/c1-12(2)15(17)18-11-13-7-6-10-16(3)9-5-4-8-14(13)16/h12-14H,4-11H2,1-3H3/q+1/t13-,14+,16?/m0/s1. The lowest BCUT2D eigenvalue weighted by atomic mass is 9.82. The monoisotopic (exact) mass is 254 g/mol. The van der Waals surface area contributed by atoms with Gasteiger partial charge >= 0.3 is 5.97 Å². The first kappa shape index (κ1) is 13.9. The van der Waals surface area contributed by atoms with Gasteiger partial charge in [-0.05, 0) is 25.7 Å². The van der Waals surface area contributed by atoms with Gasteiger partial charge in [0.25, 0.3) is 0 Å². The molecular formula is C15H28NO2+. The summed E-state index contributed by atoms with van der Waals surface area (Å²) in [5.74, 6) is 0.554. The Kier molecular flexibility index (Phi) is 4.31. The fourth-order valence-electron chi connectivity index (χ4n) is 3.78. The minimum atomic E-state index is -0.0365. The predicted octanol–water partition coefficient (Wildman–Crippen LogP) is 2.59. The molecule has 104 valence electrons. The molecule has 2 aliphatic rings. The Morgan fingerprint density at radius 1 is 1.22 bits per heavy atom. The van der Waals surface area contributed by atoms with Crippen molar-refractivity contribution in [2.45, 2.75) is 52.0 Å². The van der Waals surface area contributed by atoms with E-state index in [1.54, 1.807) is 0 Å². The molecule has 0 spiro atoms. The topological polar surface area (TPSA) is 26.3 Å². The third-order valence-electron chi connectivity index (χ3n) is 4.92. The number of rotatable bonds is 3. The molecule has 0 aromatic carbocycles. The molecule has 0 amide bonds. The van der Waals surface area contributed by atoms with Gasteiger partial charge in [0.05, 0.1) is 38.7 Å². The molecular weight excluding hydrogens is 226 g/mol. The summed E-state index contributed by atoms with van der Waals surface area (Å²) in [4.78, 5) is 11.6. The maximum atomic E-state index is 11.6. The van der Waals surface area contributed by atoms with Crippen LogP contribution in [-0.4, -0.2) is 43.2 Å². The van der Waals surface area contributed by atoms with E-state index in [9.17, 15) is 4.79 Å². The number of carbonyl (C=O) groups excluding carboxylic acids is 1. The van der Waals surface area contributed by atoms with Crippen LogP contribution in [0.25, 0.3) is 0 Å². The van der Waals surface area contributed by atoms with Crippen molar-refractivity contribution in [1.82, 2.24) is 0 Å². The number of esters is 1. The zero-order valence-electron chi connectivity index (χ0n) is 12.2. The molecule has 2 heterocycles. The van der Waals surface area contributed by atoms with Crippen LogP contribution in [0.3, 0.4) is 0 Å². The zero-order chi connectivity index (χ0) is 13.2. The molecule has 3 heteroatoms. The summed E-state index contributed by atoms with van der Waals surface area (Å²) in [6.07, 6.45) is 6.57. The largest absolute Gasteiger partial charge is 0.465 e. The van der Waals surface area contributed by atoms with Crippen molar-refractivity contribution in [1.29, 1.82) is 0 Å². The van der Waals surface area contributed by atoms with E-state index >= 15 is 0 Å². The fraction of sp³-hybridized carbons (Fsp3) is 0.933. The lowest BCUT2D eigenvalue weighted by Gasteiger charge is -2.51. The van der Waals surface area contributed by atoms with E-state index in [-0.39, 0.29) is 11.9 Å². The number of piperidine rings is 2. The van der Waals surface area contributed by atoms with Gasteiger partial charge in [-0.15, -0.1) is 0 Å². The number of fused-ring (bicyclic) bond motifs is 1. The number of nitrogens with zero attached hydrogens (tertiary/aromatic N) is 1. The van der Waals surface area contributed by atoms with Gasteiger partial charge in [-0.25, -0.2) is 0 Å². The van der Waals surface area contributed by atoms with Crippen molar-refractivity contribution in [3.63, 3.8) is 0 Å². The fourth-order valence-corrected chi connectivity index (χ4v) is 3.78. The van der Waals surface area contributed by atoms with Crippen molar-refractivity contribution >= 4 is 5.97 Å². The highest BCUT2D eigenvalue weighted by molar-refractivity contribution is 5.71. The highest BCUT2D eigenvalue weighted by Crippen LogP contribution is 2.36. The second-order valence-corrected chi connectivity index (χ2v) is 6.68. The molecule has 0 aromatic rings. The van der Waals surface area contributed by atoms with Gasteiger partial charge in [0, 0.05) is 12.3 Å². The zero-order valence-corrected chi connectivity index (χ0v) is 12.2. The van der Waals surface area contributed by atoms with E-state index in [0.717, 1.165) is 6.04 Å². The van der Waals surface area contributed by atoms with Crippen LogP contribution >= 0.6 is 0 Å². The molecule has 18 heavy (non-hydrogen) atoms. The molecule has 0 saturated carbocycles. The van der Waals surface area contributed by atoms with E-state index in [2.05, 4.69) is 7.05 Å². The summed E-state index contributed by atoms with van der Waals surface area (Å²) in [6.45, 7) is 7.10. The number of carbonyl (C=O) groups is 1. The lowest BCUT2D eigenvalue weighted by molar-refractivity contribution is -0.947. The molecule has 0 aliphatic carbocycles. The molecule has 2 rings (SSSR count). The summed E-state index contributed by atoms with van der Waals surface area (Å²) in [5.41, 5.74) is 0. The lowest BCUT2D eigenvalue weighted by Crippen LogP contribution is -2.61. The van der Waals surface area contributed by atoms with Gasteiger partial charge in [0.15, 0.2) is 0 Å². The van der Waals surface area contributed by atoms with Crippen LogP contribution in [0.15, 0.2) is 0 Å². The minimum Gasteiger partial charge on any atom is -0.465 e. The smallest absolute Gasteiger partial charge is 0.308 e. The molecule has 1 unspecified atom stereocenters. The van der Waals surface area contributed by atoms with Gasteiger partial charge in [0.1, 0.15) is 0 Å². The van der Waals surface area contributed by atoms with E-state index in [1.165, 1.54) is 49.7 Å². The van der Waals surface area contributed by atoms with Crippen molar-refractivity contribution in [2.24, 2.45) is 11.8 Å². The maximum Gasteiger partial charge on any atom is 0.308 e. The van der Waals surface area contributed by atoms with Crippen LogP contribution in [-0.2, 0) is 9.53 Å². The highest BCUT2D eigenvalue weighted by Gasteiger charge is 2.43. The molecule has 0 radical (unpaired) electrons. The Bertz CT molecular complexity index is 299. The van der Waals surface area contributed by atoms with Crippen LogP contribution in [0.5, 0.6) is 0 Å². The number of quaternary nitrogens is 1. The summed E-state index contributed by atoms with van der Waals surface area (Å²) in [5, 5.41) is 0. The summed E-state index contributed by atoms with van der Waals surface area (Å²) >= 11 is 0. The summed E-state index contributed by atoms with van der Waals surface area (Å²) in [6, 6.07) is 0.729. The average Bonchev–Trinajstić information content (AvgIpc) is 2.34. The van der Waals surface area contributed by atoms with Crippen molar-refractivity contribution in [3.05, 3.63) is 0 Å². The Balaban J connectivity index is 1.93. The normalized spacial score (nSPS) is 36.2. The minimum absolute atomic E-state index is 0.000759. The first-order chi connectivity index (χ1) is 8.53. The summed E-state index contributed by atoms with van der Waals surface area (Å²) < 4.78 is 6.71. The average molecular weight is 254 g/mol. The first-order valence-electron chi connectivity index (χ1n) is 7.54. The SMILES string of the molecule is CC(C)C(=O)OC[C@@H]1CCC[N+]2(C)CCCC[C@H]12. The Morgan fingerprint density at radius 3 is 2.67 bits per heavy atom. The van der Waals surface area contributed by atoms with Crippen molar-refractivity contribution in [3.8, 4) is 0 Å². The molecule has 3 nitrogen and oxygen atoms in total. The number of hydrogen-bond donors (Lipinski definition) is 0. The van der Waals surface area contributed by atoms with Crippen LogP contribution in [0.4, 0.5) is 0 Å². The Hall–Kier alpha value is -0.570. The van der Waals surface area contributed by atoms with Gasteiger partial charge in [0.2, 0.25) is 0 Å². The van der Waals surface area contributed by atoms with Gasteiger partial charge in [-0.2, -0.15) is 0 Å². The van der Waals surface area contributed by atoms with E-state index in [4.69, 9.17) is 4.74 Å². The molecule has 2 fully saturated rings. The van der Waals surface area contributed by atoms with Gasteiger partial charge < -0.3 is 9.22 Å². The van der Waals surface area contributed by atoms with E-state index in [0.29, 0.717) is 12.5 Å². The number of hydrogen-bond acceptors (Lipinski definition) is 2. The first-order valence-corrected chi connectivity index (χ1v) is 7.54. The van der Waals surface area contributed by atoms with Crippen LogP contribution < -0.4 is 0 Å². The summed E-state index contributed by atoms with van der Waals surface area (Å²) in [7, 11) is 2.40. The molecule has 0 N–H and O–H groups in total. The van der Waals surface area contributed by atoms with Gasteiger partial charge in [-0.1, -0.05) is 13.8 Å². The van der Waals surface area contributed by atoms with E-state index in [1.807, 2.05) is 13.8 Å². The van der Waals surface area contributed by atoms with E-state index < -0.39 is 0 Å². The maximum absolute atomic E-state index is 11.6. The third kappa shape index (κ3) is 2.87. The van der Waals surface area contributed by atoms with Crippen LogP contribution in [0.2, 0.25) is 0 Å². The second kappa shape index (κ2) is 5.60. The number of ether oxygens (including phenoxy) is 1. The molecule has 2 aliphatic heterocycles. The van der Waals surface area contributed by atoms with Crippen molar-refractivity contribution in [2.75, 3.05) is 26.7 Å². The molecule has 3 atom stereocenters. The third-order valence-corrected chi connectivity index (χ3v) is 4.92. The Morgan fingerprint density at radius 2 is 1.94 bits per heavy atom. The Labute approximate surface area is 111 Å². The highest BCUT2D eigenvalue weighted by atomic mass is 16.5. The molecule has 0 aromatic heterocycles. The van der Waals surface area contributed by atoms with Crippen LogP contribution in [0, 0.1) is 11.8 Å². The quantitative estimate of drug-likeness (QED) is 0.571. The molecule has 2 saturated heterocycles. The predicted molar refractivity (Wildman–Crippen MR) is 72.1 cm³/mol. The van der Waals surface area contributed by atoms with Crippen LogP contribution in [0.1, 0.15) is 46.0 Å². The second-order valence-electron chi connectivity index (χ2n) is 6.68. The van der Waals surface area contributed by atoms with Gasteiger partial charge in [-0.3, -0.25) is 4.79 Å².